The molecule has 0 bridgehead atoms. The largest absolute Gasteiger partial charge is 0.490 e. The van der Waals surface area contributed by atoms with Gasteiger partial charge in [0.2, 0.25) is 0 Å². The number of sulfone groups is 1. The van der Waals surface area contributed by atoms with Crippen molar-refractivity contribution < 1.29 is 18.1 Å². The fraction of sp³-hybridized carbons (Fsp3) is 0.538. The van der Waals surface area contributed by atoms with Crippen LogP contribution < -0.4 is 10.1 Å². The van der Waals surface area contributed by atoms with Gasteiger partial charge in [-0.05, 0) is 25.5 Å². The Morgan fingerprint density at radius 3 is 2.48 bits per heavy atom. The topological polar surface area (TPSA) is 98.5 Å². The summed E-state index contributed by atoms with van der Waals surface area (Å²) < 4.78 is 27.2. The molecule has 0 saturated heterocycles. The number of methoxy groups -OCH3 is 1. The zero-order valence-corrected chi connectivity index (χ0v) is 13.4. The van der Waals surface area contributed by atoms with Gasteiger partial charge in [0.15, 0.2) is 15.6 Å². The van der Waals surface area contributed by atoms with E-state index < -0.39 is 19.5 Å². The van der Waals surface area contributed by atoms with Gasteiger partial charge >= 0.3 is 5.69 Å². The highest BCUT2D eigenvalue weighted by Gasteiger charge is 2.29. The monoisotopic (exact) mass is 316 g/mol. The van der Waals surface area contributed by atoms with Gasteiger partial charge in [-0.25, -0.2) is 8.42 Å². The van der Waals surface area contributed by atoms with Gasteiger partial charge in [-0.15, -0.1) is 0 Å². The second kappa shape index (κ2) is 6.40. The number of hydrogen-bond donors (Lipinski definition) is 1. The Morgan fingerprint density at radius 2 is 2.00 bits per heavy atom. The first kappa shape index (κ1) is 17.4. The number of nitrogens with one attached hydrogen (secondary N) is 1. The van der Waals surface area contributed by atoms with Crippen LogP contribution in [0.1, 0.15) is 19.4 Å². The maximum absolute atomic E-state index is 11.6. The number of nitrogens with zero attached hydrogens (tertiary/aromatic N) is 1. The minimum absolute atomic E-state index is 0.112. The lowest BCUT2D eigenvalue weighted by Gasteiger charge is -2.22. The van der Waals surface area contributed by atoms with Crippen LogP contribution in [0.3, 0.4) is 0 Å². The Kier molecular flexibility index (Phi) is 5.30. The van der Waals surface area contributed by atoms with E-state index in [0.717, 1.165) is 0 Å². The van der Waals surface area contributed by atoms with Crippen molar-refractivity contribution >= 4 is 15.5 Å². The van der Waals surface area contributed by atoms with Gasteiger partial charge in [0.1, 0.15) is 0 Å². The Morgan fingerprint density at radius 1 is 1.38 bits per heavy atom. The van der Waals surface area contributed by atoms with E-state index in [-0.39, 0.29) is 18.0 Å². The van der Waals surface area contributed by atoms with Crippen LogP contribution >= 0.6 is 0 Å². The normalized spacial score (nSPS) is 12.2. The maximum atomic E-state index is 11.6. The summed E-state index contributed by atoms with van der Waals surface area (Å²) in [5.41, 5.74) is 0.575. The number of rotatable bonds is 7. The molecule has 1 aromatic carbocycles. The minimum atomic E-state index is -3.18. The third kappa shape index (κ3) is 4.40. The summed E-state index contributed by atoms with van der Waals surface area (Å²) in [5.74, 6) is 0.195. The fourth-order valence-electron chi connectivity index (χ4n) is 1.63. The van der Waals surface area contributed by atoms with Crippen LogP contribution in [0.4, 0.5) is 5.69 Å². The van der Waals surface area contributed by atoms with Crippen LogP contribution in [0.2, 0.25) is 0 Å². The fourth-order valence-corrected chi connectivity index (χ4v) is 1.99. The van der Waals surface area contributed by atoms with E-state index in [2.05, 4.69) is 5.32 Å². The highest BCUT2D eigenvalue weighted by atomic mass is 32.2. The average molecular weight is 316 g/mol. The van der Waals surface area contributed by atoms with Crippen molar-refractivity contribution in [3.63, 3.8) is 0 Å². The Hall–Kier alpha value is -1.67. The summed E-state index contributed by atoms with van der Waals surface area (Å²) in [6.45, 7) is 3.85. The number of nitro groups is 1. The van der Waals surface area contributed by atoms with E-state index in [1.807, 2.05) is 0 Å². The summed E-state index contributed by atoms with van der Waals surface area (Å²) >= 11 is 0. The predicted molar refractivity (Wildman–Crippen MR) is 80.3 cm³/mol. The van der Waals surface area contributed by atoms with Crippen molar-refractivity contribution in [2.45, 2.75) is 25.1 Å². The van der Waals surface area contributed by atoms with Gasteiger partial charge in [-0.3, -0.25) is 10.1 Å². The molecule has 118 valence electrons. The van der Waals surface area contributed by atoms with Gasteiger partial charge < -0.3 is 10.1 Å². The molecule has 0 saturated carbocycles. The van der Waals surface area contributed by atoms with E-state index in [1.165, 1.54) is 25.5 Å². The third-order valence-electron chi connectivity index (χ3n) is 3.32. The molecule has 8 heteroatoms. The lowest BCUT2D eigenvalue weighted by molar-refractivity contribution is -0.385. The van der Waals surface area contributed by atoms with Gasteiger partial charge in [-0.1, -0.05) is 6.07 Å². The number of hydrogen-bond acceptors (Lipinski definition) is 6. The van der Waals surface area contributed by atoms with E-state index in [1.54, 1.807) is 19.9 Å². The quantitative estimate of drug-likeness (QED) is 0.605. The highest BCUT2D eigenvalue weighted by molar-refractivity contribution is 7.92. The summed E-state index contributed by atoms with van der Waals surface area (Å²) in [5, 5.41) is 13.9. The number of nitro benzene ring substituents is 1. The van der Waals surface area contributed by atoms with E-state index in [0.29, 0.717) is 12.1 Å². The molecule has 0 aliphatic rings. The predicted octanol–water partition coefficient (Wildman–Crippen LogP) is 1.52. The molecule has 0 heterocycles. The smallest absolute Gasteiger partial charge is 0.311 e. The molecular weight excluding hydrogens is 296 g/mol. The standard InChI is InChI=1S/C13H20N2O5S/c1-13(2,21(4,18)19)9-14-8-10-5-6-12(20-3)11(7-10)15(16)17/h5-7,14H,8-9H2,1-4H3. The molecule has 1 N–H and O–H groups in total. The second-order valence-electron chi connectivity index (χ2n) is 5.40. The minimum Gasteiger partial charge on any atom is -0.490 e. The lowest BCUT2D eigenvalue weighted by Crippen LogP contribution is -2.41. The van der Waals surface area contributed by atoms with Crippen LogP contribution in [-0.4, -0.2) is 38.0 Å². The summed E-state index contributed by atoms with van der Waals surface area (Å²) in [6.07, 6.45) is 1.19. The molecular formula is C13H20N2O5S. The molecule has 0 unspecified atom stereocenters. The van der Waals surface area contributed by atoms with Gasteiger partial charge in [0, 0.05) is 25.4 Å². The molecule has 21 heavy (non-hydrogen) atoms. The average Bonchev–Trinajstić information content (AvgIpc) is 2.37. The van der Waals surface area contributed by atoms with Crippen LogP contribution in [-0.2, 0) is 16.4 Å². The number of benzene rings is 1. The molecule has 0 radical (unpaired) electrons. The molecule has 0 amide bonds. The first-order valence-corrected chi connectivity index (χ1v) is 8.19. The second-order valence-corrected chi connectivity index (χ2v) is 8.05. The summed E-state index contributed by atoms with van der Waals surface area (Å²) in [6, 6.07) is 4.64. The maximum Gasteiger partial charge on any atom is 0.311 e. The van der Waals surface area contributed by atoms with Crippen LogP contribution in [0, 0.1) is 10.1 Å². The molecule has 0 aromatic heterocycles. The molecule has 1 rings (SSSR count). The third-order valence-corrected chi connectivity index (χ3v) is 5.48. The highest BCUT2D eigenvalue weighted by Crippen LogP contribution is 2.27. The Bertz CT molecular complexity index is 625. The molecule has 1 aromatic rings. The van der Waals surface area contributed by atoms with Crippen LogP contribution in [0.15, 0.2) is 18.2 Å². The van der Waals surface area contributed by atoms with Gasteiger partial charge in [0.05, 0.1) is 16.8 Å². The molecule has 0 aliphatic heterocycles. The van der Waals surface area contributed by atoms with Crippen molar-refractivity contribution in [1.82, 2.24) is 5.32 Å². The van der Waals surface area contributed by atoms with Gasteiger partial charge in [0.25, 0.3) is 0 Å². The molecule has 7 nitrogen and oxygen atoms in total. The van der Waals surface area contributed by atoms with Crippen molar-refractivity contribution in [3.05, 3.63) is 33.9 Å². The lowest BCUT2D eigenvalue weighted by atomic mass is 10.1. The van der Waals surface area contributed by atoms with E-state index in [4.69, 9.17) is 4.74 Å². The zero-order valence-electron chi connectivity index (χ0n) is 12.5. The first-order chi connectivity index (χ1) is 9.58. The van der Waals surface area contributed by atoms with Crippen LogP contribution in [0.25, 0.3) is 0 Å². The molecule has 0 atom stereocenters. The molecule has 0 spiro atoms. The molecule has 0 fully saturated rings. The first-order valence-electron chi connectivity index (χ1n) is 6.30. The van der Waals surface area contributed by atoms with E-state index in [9.17, 15) is 18.5 Å². The number of ether oxygens (including phenoxy) is 1. The summed E-state index contributed by atoms with van der Waals surface area (Å²) in [7, 11) is -1.81. The molecule has 0 aliphatic carbocycles. The Labute approximate surface area is 124 Å². The van der Waals surface area contributed by atoms with Crippen molar-refractivity contribution in [1.29, 1.82) is 0 Å². The van der Waals surface area contributed by atoms with Crippen molar-refractivity contribution in [2.24, 2.45) is 0 Å². The summed E-state index contributed by atoms with van der Waals surface area (Å²) in [4.78, 5) is 10.4. The van der Waals surface area contributed by atoms with E-state index >= 15 is 0 Å². The van der Waals surface area contributed by atoms with Crippen molar-refractivity contribution in [2.75, 3.05) is 19.9 Å². The van der Waals surface area contributed by atoms with Gasteiger partial charge in [-0.2, -0.15) is 0 Å². The van der Waals surface area contributed by atoms with Crippen LogP contribution in [0.5, 0.6) is 5.75 Å². The Balaban J connectivity index is 2.78. The zero-order chi connectivity index (χ0) is 16.3. The van der Waals surface area contributed by atoms with Crippen molar-refractivity contribution in [3.8, 4) is 5.75 Å². The SMILES string of the molecule is COc1ccc(CNCC(C)(C)S(C)(=O)=O)cc1[N+](=O)[O-].